The Labute approximate surface area is 191 Å². The fourth-order valence-corrected chi connectivity index (χ4v) is 7.65. The lowest BCUT2D eigenvalue weighted by atomic mass is 9.75. The predicted octanol–water partition coefficient (Wildman–Crippen LogP) is 6.93. The molecule has 4 fully saturated rings. The maximum atomic E-state index is 5.31. The second-order valence-electron chi connectivity index (χ2n) is 11.4. The molecule has 0 N–H and O–H groups in total. The summed E-state index contributed by atoms with van der Waals surface area (Å²) in [5.74, 6) is 1.45. The van der Waals surface area contributed by atoms with Crippen molar-refractivity contribution < 1.29 is 0 Å². The summed E-state index contributed by atoms with van der Waals surface area (Å²) in [6.07, 6.45) is 32.9. The summed E-state index contributed by atoms with van der Waals surface area (Å²) in [4.78, 5) is 2.91. The number of hydrogen-bond acceptors (Lipinski definition) is 3. The maximum Gasteiger partial charge on any atom is 0.0473 e. The van der Waals surface area contributed by atoms with Crippen LogP contribution in [0.15, 0.2) is 17.3 Å². The molecule has 0 saturated heterocycles. The Balaban J connectivity index is 1.22. The Morgan fingerprint density at radius 2 is 1.32 bits per heavy atom. The lowest BCUT2D eigenvalue weighted by molar-refractivity contribution is 0.0563. The van der Waals surface area contributed by atoms with Gasteiger partial charge in [0.2, 0.25) is 0 Å². The lowest BCUT2D eigenvalue weighted by Gasteiger charge is -2.47. The molecule has 3 nitrogen and oxygen atoms in total. The average molecular weight is 426 g/mol. The van der Waals surface area contributed by atoms with Crippen LogP contribution >= 0.6 is 0 Å². The van der Waals surface area contributed by atoms with Crippen LogP contribution in [-0.4, -0.2) is 46.8 Å². The largest absolute Gasteiger partial charge is 0.293 e. The average Bonchev–Trinajstić information content (AvgIpc) is 2.85. The van der Waals surface area contributed by atoms with E-state index in [1.165, 1.54) is 122 Å². The van der Waals surface area contributed by atoms with Crippen LogP contribution in [0.4, 0.5) is 0 Å². The molecule has 0 aromatic carbocycles. The van der Waals surface area contributed by atoms with Crippen molar-refractivity contribution in [2.75, 3.05) is 6.54 Å². The standard InChI is InChI=1S/C28H47N3/c1-4-12-25(13-5-1)30-20-10-11-24-21-23(18-19-28(24)30)22-29-31(26-14-6-2-7-15-26)27-16-8-3-9-17-27/h10-11,22-28H,1-9,12-21H2. The zero-order chi connectivity index (χ0) is 20.9. The van der Waals surface area contributed by atoms with Crippen molar-refractivity contribution in [2.24, 2.45) is 16.9 Å². The maximum absolute atomic E-state index is 5.31. The second kappa shape index (κ2) is 10.9. The number of fused-ring (bicyclic) bond motifs is 1. The van der Waals surface area contributed by atoms with E-state index >= 15 is 0 Å². The van der Waals surface area contributed by atoms with Crippen molar-refractivity contribution in [1.82, 2.24) is 9.91 Å². The molecule has 1 aliphatic heterocycles. The van der Waals surface area contributed by atoms with Gasteiger partial charge >= 0.3 is 0 Å². The molecular weight excluding hydrogens is 378 g/mol. The molecule has 4 saturated carbocycles. The van der Waals surface area contributed by atoms with E-state index in [1.54, 1.807) is 0 Å². The molecule has 0 aromatic heterocycles. The first-order valence-corrected chi connectivity index (χ1v) is 14.1. The molecule has 0 bridgehead atoms. The van der Waals surface area contributed by atoms with Crippen LogP contribution in [-0.2, 0) is 0 Å². The molecule has 0 amide bonds. The van der Waals surface area contributed by atoms with Crippen molar-refractivity contribution >= 4 is 6.21 Å². The van der Waals surface area contributed by atoms with Gasteiger partial charge in [0, 0.05) is 36.9 Å². The van der Waals surface area contributed by atoms with Crippen LogP contribution in [0.2, 0.25) is 0 Å². The zero-order valence-electron chi connectivity index (χ0n) is 20.0. The van der Waals surface area contributed by atoms with Gasteiger partial charge in [-0.05, 0) is 69.6 Å². The zero-order valence-corrected chi connectivity index (χ0v) is 20.0. The Morgan fingerprint density at radius 1 is 0.710 bits per heavy atom. The van der Waals surface area contributed by atoms with Gasteiger partial charge in [-0.1, -0.05) is 69.9 Å². The Kier molecular flexibility index (Phi) is 7.70. The summed E-state index contributed by atoms with van der Waals surface area (Å²) in [6, 6.07) is 3.12. The minimum absolute atomic E-state index is 0.687. The smallest absolute Gasteiger partial charge is 0.0473 e. The minimum Gasteiger partial charge on any atom is -0.293 e. The monoisotopic (exact) mass is 425 g/mol. The highest BCUT2D eigenvalue weighted by atomic mass is 15.5. The number of rotatable bonds is 5. The van der Waals surface area contributed by atoms with Crippen molar-refractivity contribution in [3.8, 4) is 0 Å². The van der Waals surface area contributed by atoms with Gasteiger partial charge in [0.1, 0.15) is 0 Å². The molecule has 0 radical (unpaired) electrons. The Morgan fingerprint density at radius 3 is 1.97 bits per heavy atom. The third-order valence-electron chi connectivity index (χ3n) is 9.38. The molecule has 1 heterocycles. The summed E-state index contributed by atoms with van der Waals surface area (Å²) >= 11 is 0. The molecule has 3 heteroatoms. The van der Waals surface area contributed by atoms with Crippen molar-refractivity contribution in [2.45, 2.75) is 140 Å². The fourth-order valence-electron chi connectivity index (χ4n) is 7.65. The highest BCUT2D eigenvalue weighted by Gasteiger charge is 2.37. The molecule has 31 heavy (non-hydrogen) atoms. The molecule has 5 rings (SSSR count). The van der Waals surface area contributed by atoms with E-state index in [-0.39, 0.29) is 0 Å². The van der Waals surface area contributed by atoms with Gasteiger partial charge in [-0.2, -0.15) is 5.10 Å². The van der Waals surface area contributed by atoms with Gasteiger partial charge < -0.3 is 0 Å². The first-order chi connectivity index (χ1) is 15.4. The highest BCUT2D eigenvalue weighted by molar-refractivity contribution is 5.60. The molecule has 174 valence electrons. The number of nitrogens with zero attached hydrogens (tertiary/aromatic N) is 3. The van der Waals surface area contributed by atoms with Crippen LogP contribution in [0, 0.1) is 11.8 Å². The van der Waals surface area contributed by atoms with E-state index in [0.717, 1.165) is 30.1 Å². The van der Waals surface area contributed by atoms with Crippen molar-refractivity contribution in [1.29, 1.82) is 0 Å². The first-order valence-electron chi connectivity index (χ1n) is 14.1. The molecule has 0 aromatic rings. The highest BCUT2D eigenvalue weighted by Crippen LogP contribution is 2.38. The first kappa shape index (κ1) is 22.0. The van der Waals surface area contributed by atoms with E-state index < -0.39 is 0 Å². The molecular formula is C28H47N3. The van der Waals surface area contributed by atoms with Gasteiger partial charge in [-0.25, -0.2) is 0 Å². The van der Waals surface area contributed by atoms with Gasteiger partial charge in [0.25, 0.3) is 0 Å². The molecule has 4 aliphatic carbocycles. The Bertz CT molecular complexity index is 577. The van der Waals surface area contributed by atoms with Crippen molar-refractivity contribution in [3.05, 3.63) is 12.2 Å². The summed E-state index contributed by atoms with van der Waals surface area (Å²) in [5, 5.41) is 7.95. The summed E-state index contributed by atoms with van der Waals surface area (Å²) in [7, 11) is 0. The molecule has 0 spiro atoms. The normalized spacial score (nSPS) is 34.8. The molecule has 3 atom stereocenters. The number of hydrogen-bond donors (Lipinski definition) is 0. The van der Waals surface area contributed by atoms with E-state index in [1.807, 2.05) is 0 Å². The van der Waals surface area contributed by atoms with Crippen LogP contribution in [0.1, 0.15) is 116 Å². The number of hydrazone groups is 1. The Hall–Kier alpha value is -0.830. The summed E-state index contributed by atoms with van der Waals surface area (Å²) < 4.78 is 0. The predicted molar refractivity (Wildman–Crippen MR) is 131 cm³/mol. The quantitative estimate of drug-likeness (QED) is 0.270. The van der Waals surface area contributed by atoms with E-state index in [0.29, 0.717) is 5.92 Å². The van der Waals surface area contributed by atoms with E-state index in [2.05, 4.69) is 28.3 Å². The van der Waals surface area contributed by atoms with Gasteiger partial charge in [0.05, 0.1) is 0 Å². The molecule has 5 aliphatic rings. The summed E-state index contributed by atoms with van der Waals surface area (Å²) in [6.45, 7) is 1.21. The third kappa shape index (κ3) is 5.40. The van der Waals surface area contributed by atoms with Crippen LogP contribution in [0.3, 0.4) is 0 Å². The second-order valence-corrected chi connectivity index (χ2v) is 11.4. The van der Waals surface area contributed by atoms with Crippen LogP contribution in [0.25, 0.3) is 0 Å². The minimum atomic E-state index is 0.687. The molecule has 3 unspecified atom stereocenters. The van der Waals surface area contributed by atoms with Crippen LogP contribution < -0.4 is 0 Å². The third-order valence-corrected chi connectivity index (χ3v) is 9.38. The van der Waals surface area contributed by atoms with Gasteiger partial charge in [0.15, 0.2) is 0 Å². The fraction of sp³-hybridized carbons (Fsp3) is 0.893. The van der Waals surface area contributed by atoms with Gasteiger partial charge in [-0.15, -0.1) is 0 Å². The SMILES string of the molecule is C1=CC2CC(C=NN(C3CCCCC3)C3CCCCC3)CCC2N(C2CCCCC2)C1. The van der Waals surface area contributed by atoms with Crippen LogP contribution in [0.5, 0.6) is 0 Å². The summed E-state index contributed by atoms with van der Waals surface area (Å²) in [5.41, 5.74) is 0. The van der Waals surface area contributed by atoms with E-state index in [9.17, 15) is 0 Å². The topological polar surface area (TPSA) is 18.8 Å². The van der Waals surface area contributed by atoms with E-state index in [4.69, 9.17) is 5.10 Å². The van der Waals surface area contributed by atoms with Gasteiger partial charge in [-0.3, -0.25) is 9.91 Å². The van der Waals surface area contributed by atoms with Crippen molar-refractivity contribution in [3.63, 3.8) is 0 Å². The lowest BCUT2D eigenvalue weighted by Crippen LogP contribution is -2.51.